The Morgan fingerprint density at radius 1 is 1.30 bits per heavy atom. The minimum Gasteiger partial charge on any atom is -0.379 e. The Bertz CT molecular complexity index is 1130. The Balaban J connectivity index is 0.000000235. The molecule has 0 radical (unpaired) electrons. The number of halogens is 2. The average Bonchev–Trinajstić information content (AvgIpc) is 3.42. The maximum absolute atomic E-state index is 12.2. The number of carbonyl (C=O) groups excluding carboxylic acids is 2. The fourth-order valence-corrected chi connectivity index (χ4v) is 3.96. The number of aromatic nitrogens is 4. The van der Waals surface area contributed by atoms with Gasteiger partial charge in [-0.2, -0.15) is 0 Å². The number of imidazole rings is 2. The molecule has 2 aromatic heterocycles. The van der Waals surface area contributed by atoms with Crippen LogP contribution in [-0.4, -0.2) is 58.0 Å². The Morgan fingerprint density at radius 3 is 2.64 bits per heavy atom. The van der Waals surface area contributed by atoms with Crippen LogP contribution in [0.15, 0.2) is 18.2 Å². The molecule has 4 rings (SSSR count). The first-order chi connectivity index (χ1) is 15.8. The van der Waals surface area contributed by atoms with Crippen LogP contribution in [0, 0.1) is 5.92 Å². The summed E-state index contributed by atoms with van der Waals surface area (Å²) in [6, 6.07) is 4.94. The lowest BCUT2D eigenvalue weighted by molar-refractivity contribution is -0.0786. The Labute approximate surface area is 195 Å². The molecule has 2 atom stereocenters. The number of methoxy groups -OCH3 is 1. The van der Waals surface area contributed by atoms with Crippen LogP contribution < -0.4 is 4.90 Å². The molecule has 1 fully saturated rings. The van der Waals surface area contributed by atoms with E-state index in [4.69, 9.17) is 16.3 Å². The van der Waals surface area contributed by atoms with E-state index in [1.54, 1.807) is 19.2 Å². The van der Waals surface area contributed by atoms with Crippen molar-refractivity contribution in [2.45, 2.75) is 39.7 Å². The van der Waals surface area contributed by atoms with Gasteiger partial charge < -0.3 is 19.6 Å². The van der Waals surface area contributed by atoms with Crippen LogP contribution in [0.2, 0.25) is 5.15 Å². The molecule has 3 heterocycles. The second kappa shape index (κ2) is 10.8. The molecule has 0 bridgehead atoms. The van der Waals surface area contributed by atoms with Gasteiger partial charge in [-0.25, -0.2) is 19.7 Å². The van der Waals surface area contributed by atoms with Crippen molar-refractivity contribution in [1.29, 1.82) is 0 Å². The number of aromatic amines is 2. The van der Waals surface area contributed by atoms with Gasteiger partial charge in [0, 0.05) is 31.6 Å². The van der Waals surface area contributed by atoms with Gasteiger partial charge in [-0.15, -0.1) is 0 Å². The maximum atomic E-state index is 12.2. The summed E-state index contributed by atoms with van der Waals surface area (Å²) >= 11 is 5.69. The lowest BCUT2D eigenvalue weighted by Gasteiger charge is -2.35. The first-order valence-corrected chi connectivity index (χ1v) is 11.0. The summed E-state index contributed by atoms with van der Waals surface area (Å²) in [5.41, 5.74) is 2.01. The highest BCUT2D eigenvalue weighted by atomic mass is 35.5. The smallest absolute Gasteiger partial charge is 0.379 e. The number of hydrogen-bond acceptors (Lipinski definition) is 7. The summed E-state index contributed by atoms with van der Waals surface area (Å²) in [4.78, 5) is 41.9. The monoisotopic (exact) mass is 479 g/mol. The third kappa shape index (κ3) is 5.51. The predicted molar refractivity (Wildman–Crippen MR) is 122 cm³/mol. The van der Waals surface area contributed by atoms with Gasteiger partial charge in [-0.3, -0.25) is 4.79 Å². The van der Waals surface area contributed by atoms with Crippen molar-refractivity contribution in [1.82, 2.24) is 19.9 Å². The molecule has 0 aliphatic carbocycles. The van der Waals surface area contributed by atoms with Crippen LogP contribution in [0.1, 0.15) is 53.9 Å². The van der Waals surface area contributed by atoms with E-state index in [0.717, 1.165) is 31.6 Å². The zero-order chi connectivity index (χ0) is 24.1. The molecule has 33 heavy (non-hydrogen) atoms. The van der Waals surface area contributed by atoms with E-state index in [2.05, 4.69) is 36.7 Å². The number of nitrogens with zero attached hydrogens (tertiary/aromatic N) is 3. The highest BCUT2D eigenvalue weighted by molar-refractivity contribution is 6.30. The molecule has 0 amide bonds. The van der Waals surface area contributed by atoms with Gasteiger partial charge in [0.2, 0.25) is 5.95 Å². The fraction of sp³-hybridized carbons (Fsp3) is 0.455. The van der Waals surface area contributed by atoms with Gasteiger partial charge in [0.1, 0.15) is 5.52 Å². The quantitative estimate of drug-likeness (QED) is 0.524. The van der Waals surface area contributed by atoms with Gasteiger partial charge in [-0.05, 0) is 30.9 Å². The number of para-hydroxylation sites is 1. The third-order valence-electron chi connectivity index (χ3n) is 5.70. The minimum atomic E-state index is -1.04. The van der Waals surface area contributed by atoms with Crippen molar-refractivity contribution in [3.63, 3.8) is 0 Å². The first kappa shape index (κ1) is 24.7. The van der Waals surface area contributed by atoms with Crippen LogP contribution in [0.4, 0.5) is 10.5 Å². The highest BCUT2D eigenvalue weighted by Gasteiger charge is 2.28. The number of nitrogens with one attached hydrogen (secondary N) is 2. The summed E-state index contributed by atoms with van der Waals surface area (Å²) in [6.07, 6.45) is 1.89. The van der Waals surface area contributed by atoms with E-state index >= 15 is 0 Å². The molecular formula is C22H27ClFN5O4. The van der Waals surface area contributed by atoms with Crippen molar-refractivity contribution in [2.75, 3.05) is 25.1 Å². The van der Waals surface area contributed by atoms with E-state index in [1.807, 2.05) is 6.92 Å². The van der Waals surface area contributed by atoms with Crippen LogP contribution in [0.25, 0.3) is 11.0 Å². The number of carbonyl (C=O) groups is 2. The van der Waals surface area contributed by atoms with Crippen LogP contribution in [-0.2, 0) is 16.1 Å². The number of piperidine rings is 1. The number of rotatable bonds is 5. The molecule has 1 saturated heterocycles. The summed E-state index contributed by atoms with van der Waals surface area (Å²) in [5.74, 6) is 0.356. The first-order valence-electron chi connectivity index (χ1n) is 10.6. The fourth-order valence-electron chi connectivity index (χ4n) is 3.70. The molecule has 0 unspecified atom stereocenters. The highest BCUT2D eigenvalue weighted by Crippen LogP contribution is 2.26. The van der Waals surface area contributed by atoms with Gasteiger partial charge >= 0.3 is 5.97 Å². The minimum absolute atomic E-state index is 0.0911. The number of Topliss-reactive ketones (excluding diaryl/α,β-unsaturated/α-hetero) is 1. The number of benzene rings is 1. The number of aryl methyl sites for hydroxylation is 1. The number of ether oxygens (including phenoxy) is 1. The lowest BCUT2D eigenvalue weighted by atomic mass is 9.96. The maximum Gasteiger partial charge on any atom is 0.381 e. The molecule has 9 nitrogen and oxygen atoms in total. The van der Waals surface area contributed by atoms with Crippen molar-refractivity contribution in [3.05, 3.63) is 40.4 Å². The Kier molecular flexibility index (Phi) is 8.04. The second-order valence-corrected chi connectivity index (χ2v) is 8.24. The molecule has 2 N–H and O–H groups in total. The van der Waals surface area contributed by atoms with E-state index in [1.165, 1.54) is 13.0 Å². The van der Waals surface area contributed by atoms with Crippen LogP contribution in [0.3, 0.4) is 0 Å². The van der Waals surface area contributed by atoms with Gasteiger partial charge in [-0.1, -0.05) is 31.5 Å². The third-order valence-corrected chi connectivity index (χ3v) is 6.01. The molecule has 1 aliphatic rings. The number of H-pyrrole nitrogens is 2. The predicted octanol–water partition coefficient (Wildman–Crippen LogP) is 4.29. The molecule has 11 heteroatoms. The van der Waals surface area contributed by atoms with Crippen LogP contribution >= 0.6 is 11.6 Å². The number of anilines is 1. The Hall–Kier alpha value is -2.98. The van der Waals surface area contributed by atoms with E-state index < -0.39 is 5.97 Å². The summed E-state index contributed by atoms with van der Waals surface area (Å²) in [5, 5.41) is 0.401. The van der Waals surface area contributed by atoms with Crippen molar-refractivity contribution in [3.8, 4) is 0 Å². The average molecular weight is 480 g/mol. The van der Waals surface area contributed by atoms with E-state index in [0.29, 0.717) is 33.9 Å². The molecule has 1 aliphatic heterocycles. The van der Waals surface area contributed by atoms with Crippen LogP contribution in [0.5, 0.6) is 0 Å². The van der Waals surface area contributed by atoms with Gasteiger partial charge in [0.15, 0.2) is 16.8 Å². The largest absolute Gasteiger partial charge is 0.381 e. The summed E-state index contributed by atoms with van der Waals surface area (Å²) in [6.45, 7) is 7.14. The van der Waals surface area contributed by atoms with Gasteiger partial charge in [0.05, 0.1) is 22.9 Å². The van der Waals surface area contributed by atoms with Crippen molar-refractivity contribution < 1.29 is 23.8 Å². The molecule has 178 valence electrons. The van der Waals surface area contributed by atoms with Crippen molar-refractivity contribution in [2.24, 2.45) is 5.92 Å². The number of hydrogen-bond donors (Lipinski definition) is 2. The van der Waals surface area contributed by atoms with Crippen molar-refractivity contribution >= 4 is 40.3 Å². The topological polar surface area (TPSA) is 113 Å². The molecule has 3 aromatic rings. The Morgan fingerprint density at radius 2 is 2.06 bits per heavy atom. The second-order valence-electron chi connectivity index (χ2n) is 7.88. The number of fused-ring (bicyclic) bond motifs is 1. The zero-order valence-corrected chi connectivity index (χ0v) is 19.7. The van der Waals surface area contributed by atoms with E-state index in [9.17, 15) is 14.1 Å². The summed E-state index contributed by atoms with van der Waals surface area (Å²) < 4.78 is 17.7. The molecule has 0 saturated carbocycles. The SMILES string of the molecule is CCc1[nH]c(C(C)=O)nc1Cl.CO[C@H]1CN(c2nc3c(C(=O)OF)cccc3[nH]2)CC[C@H]1C. The molecule has 0 spiro atoms. The zero-order valence-electron chi connectivity index (χ0n) is 18.9. The summed E-state index contributed by atoms with van der Waals surface area (Å²) in [7, 11) is 1.71. The van der Waals surface area contributed by atoms with Gasteiger partial charge in [0.25, 0.3) is 0 Å². The van der Waals surface area contributed by atoms with E-state index in [-0.39, 0.29) is 17.5 Å². The molecule has 1 aromatic carbocycles. The lowest BCUT2D eigenvalue weighted by Crippen LogP contribution is -2.44. The number of ketones is 1. The standard InChI is InChI=1S/C15H18FN3O3.C7H9ClN2O/c1-9-6-7-19(8-12(9)21-2)15-17-11-5-3-4-10(13(11)18-15)14(20)22-16;1-3-5-6(8)10-7(9-5)4(2)11/h3-5,9,12H,6-8H2,1-2H3,(H,17,18);3H2,1-2H3,(H,9,10)/t9-,12+;/m1./s1. The normalized spacial score (nSPS) is 18.1. The molecular weight excluding hydrogens is 453 g/mol.